The molecular formula is C11H14O2S. The molecule has 0 aromatic carbocycles. The summed E-state index contributed by atoms with van der Waals surface area (Å²) in [6.07, 6.45) is 3.83. The normalized spacial score (nSPS) is 26.6. The van der Waals surface area contributed by atoms with Crippen LogP contribution in [0.5, 0.6) is 0 Å². The smallest absolute Gasteiger partial charge is 0.148 e. The van der Waals surface area contributed by atoms with Gasteiger partial charge in [-0.05, 0) is 31.4 Å². The Bertz CT molecular complexity index is 319. The first kappa shape index (κ1) is 9.87. The summed E-state index contributed by atoms with van der Waals surface area (Å²) < 4.78 is 5.60. The van der Waals surface area contributed by atoms with Gasteiger partial charge in [-0.1, -0.05) is 6.92 Å². The van der Waals surface area contributed by atoms with Gasteiger partial charge in [0.2, 0.25) is 0 Å². The topological polar surface area (TPSA) is 26.3 Å². The van der Waals surface area contributed by atoms with E-state index in [4.69, 9.17) is 4.74 Å². The molecule has 0 radical (unpaired) electrons. The van der Waals surface area contributed by atoms with Crippen molar-refractivity contribution < 1.29 is 9.53 Å². The Morgan fingerprint density at radius 3 is 3.00 bits per heavy atom. The van der Waals surface area contributed by atoms with Gasteiger partial charge in [0.05, 0.1) is 6.10 Å². The lowest BCUT2D eigenvalue weighted by Crippen LogP contribution is -2.06. The van der Waals surface area contributed by atoms with Crippen LogP contribution in [0.25, 0.3) is 0 Å². The molecule has 1 aromatic heterocycles. The second-order valence-electron chi connectivity index (χ2n) is 3.53. The van der Waals surface area contributed by atoms with Crippen LogP contribution in [0, 0.1) is 0 Å². The Morgan fingerprint density at radius 2 is 2.43 bits per heavy atom. The lowest BCUT2D eigenvalue weighted by atomic mass is 10.2. The van der Waals surface area contributed by atoms with E-state index < -0.39 is 0 Å². The molecule has 2 nitrogen and oxygen atoms in total. The Morgan fingerprint density at radius 1 is 1.57 bits per heavy atom. The third-order valence-electron chi connectivity index (χ3n) is 2.55. The molecule has 14 heavy (non-hydrogen) atoms. The van der Waals surface area contributed by atoms with Crippen molar-refractivity contribution in [3.63, 3.8) is 0 Å². The zero-order valence-corrected chi connectivity index (χ0v) is 9.05. The van der Waals surface area contributed by atoms with Gasteiger partial charge < -0.3 is 9.53 Å². The molecular weight excluding hydrogens is 196 g/mol. The van der Waals surface area contributed by atoms with Crippen LogP contribution in [0.15, 0.2) is 12.1 Å². The maximum absolute atomic E-state index is 10.5. The molecule has 0 aliphatic carbocycles. The molecule has 1 saturated heterocycles. The number of carbonyl (C=O) groups excluding carboxylic acids is 1. The number of hydrogen-bond acceptors (Lipinski definition) is 3. The summed E-state index contributed by atoms with van der Waals surface area (Å²) in [5.74, 6) is 0. The van der Waals surface area contributed by atoms with E-state index in [0.29, 0.717) is 0 Å². The van der Waals surface area contributed by atoms with Gasteiger partial charge in [-0.15, -0.1) is 11.3 Å². The zero-order valence-electron chi connectivity index (χ0n) is 8.23. The van der Waals surface area contributed by atoms with Crippen LogP contribution in [0.1, 0.15) is 35.6 Å². The van der Waals surface area contributed by atoms with Crippen LogP contribution < -0.4 is 0 Å². The van der Waals surface area contributed by atoms with Gasteiger partial charge in [0.1, 0.15) is 12.4 Å². The van der Waals surface area contributed by atoms with E-state index in [-0.39, 0.29) is 12.2 Å². The van der Waals surface area contributed by atoms with Crippen LogP contribution in [-0.4, -0.2) is 12.4 Å². The highest BCUT2D eigenvalue weighted by atomic mass is 32.1. The molecule has 0 saturated carbocycles. The molecule has 3 heteroatoms. The van der Waals surface area contributed by atoms with E-state index in [1.54, 1.807) is 11.3 Å². The molecule has 1 aromatic rings. The predicted octanol–water partition coefficient (Wildman–Crippen LogP) is 2.73. The molecule has 0 spiro atoms. The van der Waals surface area contributed by atoms with Gasteiger partial charge in [-0.25, -0.2) is 0 Å². The summed E-state index contributed by atoms with van der Waals surface area (Å²) in [5, 5.41) is 0. The number of ether oxygens (including phenoxy) is 1. The zero-order chi connectivity index (χ0) is 9.97. The van der Waals surface area contributed by atoms with Crippen molar-refractivity contribution in [3.05, 3.63) is 21.9 Å². The fraction of sp³-hybridized carbons (Fsp3) is 0.545. The Hall–Kier alpha value is -0.670. The molecule has 2 atom stereocenters. The SMILES string of the molecule is CCc1ccc(C2CCC(C=O)O2)s1. The summed E-state index contributed by atoms with van der Waals surface area (Å²) in [7, 11) is 0. The summed E-state index contributed by atoms with van der Waals surface area (Å²) in [5.41, 5.74) is 0. The van der Waals surface area contributed by atoms with Crippen molar-refractivity contribution in [3.8, 4) is 0 Å². The van der Waals surface area contributed by atoms with Crippen LogP contribution in [-0.2, 0) is 16.0 Å². The number of aldehydes is 1. The average molecular weight is 210 g/mol. The highest BCUT2D eigenvalue weighted by Gasteiger charge is 2.26. The fourth-order valence-electron chi connectivity index (χ4n) is 1.73. The molecule has 0 bridgehead atoms. The third-order valence-corrected chi connectivity index (χ3v) is 3.87. The molecule has 2 unspecified atom stereocenters. The summed E-state index contributed by atoms with van der Waals surface area (Å²) in [6.45, 7) is 2.15. The molecule has 2 heterocycles. The van der Waals surface area contributed by atoms with Crippen LogP contribution in [0.2, 0.25) is 0 Å². The van der Waals surface area contributed by atoms with Gasteiger partial charge in [0.25, 0.3) is 0 Å². The van der Waals surface area contributed by atoms with Crippen LogP contribution in [0.3, 0.4) is 0 Å². The summed E-state index contributed by atoms with van der Waals surface area (Å²) >= 11 is 1.80. The van der Waals surface area contributed by atoms with Gasteiger partial charge in [-0.2, -0.15) is 0 Å². The first-order chi connectivity index (χ1) is 6.83. The Balaban J connectivity index is 2.05. The van der Waals surface area contributed by atoms with E-state index in [9.17, 15) is 4.79 Å². The molecule has 0 amide bonds. The van der Waals surface area contributed by atoms with E-state index in [1.165, 1.54) is 9.75 Å². The van der Waals surface area contributed by atoms with Gasteiger partial charge in [0, 0.05) is 9.75 Å². The molecule has 1 fully saturated rings. The maximum atomic E-state index is 10.5. The lowest BCUT2D eigenvalue weighted by Gasteiger charge is -2.07. The van der Waals surface area contributed by atoms with Crippen molar-refractivity contribution in [1.29, 1.82) is 0 Å². The van der Waals surface area contributed by atoms with E-state index in [1.807, 2.05) is 0 Å². The van der Waals surface area contributed by atoms with Crippen LogP contribution >= 0.6 is 11.3 Å². The third kappa shape index (κ3) is 1.88. The van der Waals surface area contributed by atoms with Crippen molar-refractivity contribution in [1.82, 2.24) is 0 Å². The largest absolute Gasteiger partial charge is 0.362 e. The monoisotopic (exact) mass is 210 g/mol. The number of rotatable bonds is 3. The van der Waals surface area contributed by atoms with E-state index in [0.717, 1.165) is 25.5 Å². The molecule has 1 aliphatic heterocycles. The van der Waals surface area contributed by atoms with Crippen molar-refractivity contribution in [2.24, 2.45) is 0 Å². The second-order valence-corrected chi connectivity index (χ2v) is 4.73. The number of carbonyl (C=O) groups is 1. The van der Waals surface area contributed by atoms with Gasteiger partial charge in [0.15, 0.2) is 0 Å². The minimum atomic E-state index is -0.174. The molecule has 76 valence electrons. The molecule has 1 aliphatic rings. The highest BCUT2D eigenvalue weighted by Crippen LogP contribution is 2.35. The standard InChI is InChI=1S/C11H14O2S/c1-2-9-4-6-11(14-9)10-5-3-8(7-12)13-10/h4,6-8,10H,2-3,5H2,1H3. The number of hydrogen-bond donors (Lipinski definition) is 0. The van der Waals surface area contributed by atoms with Gasteiger partial charge in [-0.3, -0.25) is 0 Å². The fourth-order valence-corrected chi connectivity index (χ4v) is 2.75. The first-order valence-corrected chi connectivity index (χ1v) is 5.84. The minimum absolute atomic E-state index is 0.162. The molecule has 0 N–H and O–H groups in total. The van der Waals surface area contributed by atoms with Crippen molar-refractivity contribution in [2.75, 3.05) is 0 Å². The van der Waals surface area contributed by atoms with Crippen molar-refractivity contribution >= 4 is 17.6 Å². The first-order valence-electron chi connectivity index (χ1n) is 5.03. The van der Waals surface area contributed by atoms with E-state index >= 15 is 0 Å². The van der Waals surface area contributed by atoms with Crippen LogP contribution in [0.4, 0.5) is 0 Å². The summed E-state index contributed by atoms with van der Waals surface area (Å²) in [4.78, 5) is 13.2. The minimum Gasteiger partial charge on any atom is -0.362 e. The lowest BCUT2D eigenvalue weighted by molar-refractivity contribution is -0.117. The number of thiophene rings is 1. The van der Waals surface area contributed by atoms with Gasteiger partial charge >= 0.3 is 0 Å². The maximum Gasteiger partial charge on any atom is 0.148 e. The van der Waals surface area contributed by atoms with Crippen molar-refractivity contribution in [2.45, 2.75) is 38.4 Å². The summed E-state index contributed by atoms with van der Waals surface area (Å²) in [6, 6.07) is 4.28. The Labute approximate surface area is 87.9 Å². The number of aryl methyl sites for hydroxylation is 1. The van der Waals surface area contributed by atoms with E-state index in [2.05, 4.69) is 19.1 Å². The quantitative estimate of drug-likeness (QED) is 0.717. The molecule has 2 rings (SSSR count). The predicted molar refractivity (Wildman–Crippen MR) is 56.6 cm³/mol. The highest BCUT2D eigenvalue weighted by molar-refractivity contribution is 7.12. The Kier molecular flexibility index (Phi) is 2.99. The average Bonchev–Trinajstić information content (AvgIpc) is 2.86. The second kappa shape index (κ2) is 4.24.